The van der Waals surface area contributed by atoms with Crippen LogP contribution in [0, 0.1) is 5.41 Å². The summed E-state index contributed by atoms with van der Waals surface area (Å²) in [6.07, 6.45) is -0.837. The minimum Gasteiger partial charge on any atom is -0.479 e. The fourth-order valence-corrected chi connectivity index (χ4v) is 0.737. The fraction of sp³-hybridized carbons (Fsp3) is 0.800. The van der Waals surface area contributed by atoms with Crippen molar-refractivity contribution in [3.05, 3.63) is 0 Å². The Morgan fingerprint density at radius 1 is 1.40 bits per heavy atom. The van der Waals surface area contributed by atoms with E-state index in [-0.39, 0.29) is 12.5 Å². The Kier molecular flexibility index (Phi) is 5.28. The zero-order valence-corrected chi connectivity index (χ0v) is 9.66. The first-order valence-electron chi connectivity index (χ1n) is 4.88. The molecule has 0 aliphatic heterocycles. The topological polar surface area (TPSA) is 75.6 Å². The summed E-state index contributed by atoms with van der Waals surface area (Å²) in [5.41, 5.74) is -0.432. The third-order valence-corrected chi connectivity index (χ3v) is 1.78. The van der Waals surface area contributed by atoms with Gasteiger partial charge in [-0.2, -0.15) is 0 Å². The van der Waals surface area contributed by atoms with E-state index in [1.807, 2.05) is 20.8 Å². The number of carbonyl (C=O) groups is 2. The van der Waals surface area contributed by atoms with E-state index in [1.54, 1.807) is 0 Å². The smallest absolute Gasteiger partial charge is 0.332 e. The Morgan fingerprint density at radius 2 is 1.93 bits per heavy atom. The van der Waals surface area contributed by atoms with Crippen LogP contribution in [0.25, 0.3) is 0 Å². The Morgan fingerprint density at radius 3 is 2.33 bits per heavy atom. The van der Waals surface area contributed by atoms with Gasteiger partial charge in [-0.05, 0) is 6.92 Å². The number of hydrogen-bond acceptors (Lipinski definition) is 3. The summed E-state index contributed by atoms with van der Waals surface area (Å²) in [4.78, 5) is 21.7. The van der Waals surface area contributed by atoms with Crippen molar-refractivity contribution >= 4 is 11.9 Å². The molecule has 0 fully saturated rings. The third kappa shape index (κ3) is 6.06. The maximum atomic E-state index is 11.4. The van der Waals surface area contributed by atoms with Crippen LogP contribution in [0.4, 0.5) is 0 Å². The molecule has 0 rings (SSSR count). The van der Waals surface area contributed by atoms with Gasteiger partial charge in [0, 0.05) is 12.0 Å². The lowest BCUT2D eigenvalue weighted by Crippen LogP contribution is -2.37. The van der Waals surface area contributed by atoms with Crippen LogP contribution < -0.4 is 5.32 Å². The lowest BCUT2D eigenvalue weighted by atomic mass is 9.96. The molecule has 0 bridgehead atoms. The van der Waals surface area contributed by atoms with E-state index in [1.165, 1.54) is 6.92 Å². The first kappa shape index (κ1) is 13.9. The Bertz CT molecular complexity index is 232. The molecule has 0 aromatic heterocycles. The van der Waals surface area contributed by atoms with Crippen LogP contribution in [0.15, 0.2) is 0 Å². The molecule has 0 aromatic rings. The lowest BCUT2D eigenvalue weighted by molar-refractivity contribution is -0.149. The number of carboxylic acid groups (broad SMARTS) is 1. The highest BCUT2D eigenvalue weighted by Crippen LogP contribution is 2.11. The van der Waals surface area contributed by atoms with Gasteiger partial charge in [-0.15, -0.1) is 0 Å². The Hall–Kier alpha value is -1.10. The van der Waals surface area contributed by atoms with Gasteiger partial charge in [0.15, 0.2) is 6.10 Å². The average molecular weight is 217 g/mol. The van der Waals surface area contributed by atoms with Crippen LogP contribution in [0.1, 0.15) is 27.7 Å². The molecular weight excluding hydrogens is 198 g/mol. The summed E-state index contributed by atoms with van der Waals surface area (Å²) in [6.45, 7) is 7.41. The predicted molar refractivity (Wildman–Crippen MR) is 55.5 cm³/mol. The molecule has 0 saturated heterocycles. The second kappa shape index (κ2) is 5.70. The normalized spacial score (nSPS) is 13.3. The van der Waals surface area contributed by atoms with Gasteiger partial charge in [0.05, 0.1) is 6.61 Å². The molecule has 88 valence electrons. The van der Waals surface area contributed by atoms with Gasteiger partial charge in [-0.1, -0.05) is 20.8 Å². The van der Waals surface area contributed by atoms with Gasteiger partial charge >= 0.3 is 5.97 Å². The largest absolute Gasteiger partial charge is 0.479 e. The molecule has 0 aliphatic carbocycles. The number of amides is 1. The summed E-state index contributed by atoms with van der Waals surface area (Å²) < 4.78 is 4.95. The fourth-order valence-electron chi connectivity index (χ4n) is 0.737. The number of nitrogens with one attached hydrogen (secondary N) is 1. The number of carbonyl (C=O) groups excluding carboxylic acids is 1. The average Bonchev–Trinajstić information content (AvgIpc) is 2.09. The van der Waals surface area contributed by atoms with Crippen LogP contribution in [0.2, 0.25) is 0 Å². The molecule has 1 amide bonds. The van der Waals surface area contributed by atoms with Crippen molar-refractivity contribution in [3.8, 4) is 0 Å². The van der Waals surface area contributed by atoms with Crippen LogP contribution in [-0.2, 0) is 14.3 Å². The number of aliphatic carboxylic acids is 1. The minimum atomic E-state index is -1.00. The molecule has 0 aliphatic rings. The number of carboxylic acids is 1. The van der Waals surface area contributed by atoms with Crippen molar-refractivity contribution in [3.63, 3.8) is 0 Å². The van der Waals surface area contributed by atoms with E-state index in [0.29, 0.717) is 6.54 Å². The van der Waals surface area contributed by atoms with E-state index < -0.39 is 17.5 Å². The van der Waals surface area contributed by atoms with Gasteiger partial charge < -0.3 is 15.2 Å². The molecule has 0 spiro atoms. The van der Waals surface area contributed by atoms with Crippen molar-refractivity contribution in [1.29, 1.82) is 0 Å². The molecule has 15 heavy (non-hydrogen) atoms. The van der Waals surface area contributed by atoms with Crippen molar-refractivity contribution in [2.75, 3.05) is 13.2 Å². The van der Waals surface area contributed by atoms with Gasteiger partial charge in [0.1, 0.15) is 0 Å². The second-order valence-electron chi connectivity index (χ2n) is 4.36. The number of ether oxygens (including phenoxy) is 1. The molecule has 5 heteroatoms. The molecule has 1 atom stereocenters. The zero-order chi connectivity index (χ0) is 12.1. The zero-order valence-electron chi connectivity index (χ0n) is 9.66. The van der Waals surface area contributed by atoms with Crippen molar-refractivity contribution in [1.82, 2.24) is 5.32 Å². The van der Waals surface area contributed by atoms with Crippen LogP contribution in [0.3, 0.4) is 0 Å². The first-order valence-corrected chi connectivity index (χ1v) is 4.88. The molecular formula is C10H19NO4. The molecule has 0 radical (unpaired) electrons. The molecule has 0 heterocycles. The van der Waals surface area contributed by atoms with Crippen LogP contribution in [-0.4, -0.2) is 36.2 Å². The number of hydrogen-bond donors (Lipinski definition) is 2. The van der Waals surface area contributed by atoms with Crippen molar-refractivity contribution in [2.24, 2.45) is 5.41 Å². The standard InChI is InChI=1S/C10H19NO4/c1-7(8(12)13)15-6-5-11-9(14)10(2,3)4/h7H,5-6H2,1-4H3,(H,11,14)(H,12,13). The van der Waals surface area contributed by atoms with Gasteiger partial charge in [-0.3, -0.25) is 4.79 Å². The van der Waals surface area contributed by atoms with E-state index in [2.05, 4.69) is 5.32 Å². The summed E-state index contributed by atoms with van der Waals surface area (Å²) in [6, 6.07) is 0. The van der Waals surface area contributed by atoms with Crippen LogP contribution in [0.5, 0.6) is 0 Å². The molecule has 1 unspecified atom stereocenters. The Labute approximate surface area is 89.8 Å². The minimum absolute atomic E-state index is 0.0749. The quantitative estimate of drug-likeness (QED) is 0.662. The SMILES string of the molecule is CC(OCCNC(=O)C(C)(C)C)C(=O)O. The summed E-state index contributed by atoms with van der Waals surface area (Å²) in [7, 11) is 0. The van der Waals surface area contributed by atoms with E-state index in [4.69, 9.17) is 9.84 Å². The first-order chi connectivity index (χ1) is 6.75. The van der Waals surface area contributed by atoms with E-state index in [9.17, 15) is 9.59 Å². The maximum Gasteiger partial charge on any atom is 0.332 e. The Balaban J connectivity index is 3.64. The molecule has 2 N–H and O–H groups in total. The maximum absolute atomic E-state index is 11.4. The third-order valence-electron chi connectivity index (χ3n) is 1.78. The molecule has 0 saturated carbocycles. The van der Waals surface area contributed by atoms with Gasteiger partial charge in [0.2, 0.25) is 5.91 Å². The molecule has 0 aromatic carbocycles. The second-order valence-corrected chi connectivity index (χ2v) is 4.36. The summed E-state index contributed by atoms with van der Waals surface area (Å²) in [5.74, 6) is -1.08. The van der Waals surface area contributed by atoms with E-state index in [0.717, 1.165) is 0 Å². The highest BCUT2D eigenvalue weighted by atomic mass is 16.5. The van der Waals surface area contributed by atoms with E-state index >= 15 is 0 Å². The monoisotopic (exact) mass is 217 g/mol. The van der Waals surface area contributed by atoms with Crippen molar-refractivity contribution in [2.45, 2.75) is 33.8 Å². The van der Waals surface area contributed by atoms with Crippen molar-refractivity contribution < 1.29 is 19.4 Å². The van der Waals surface area contributed by atoms with Gasteiger partial charge in [-0.25, -0.2) is 4.79 Å². The van der Waals surface area contributed by atoms with Gasteiger partial charge in [0.25, 0.3) is 0 Å². The number of rotatable bonds is 5. The molecule has 5 nitrogen and oxygen atoms in total. The van der Waals surface area contributed by atoms with Crippen LogP contribution >= 0.6 is 0 Å². The lowest BCUT2D eigenvalue weighted by Gasteiger charge is -2.17. The summed E-state index contributed by atoms with van der Waals surface area (Å²) >= 11 is 0. The highest BCUT2D eigenvalue weighted by molar-refractivity contribution is 5.81. The predicted octanol–water partition coefficient (Wildman–Crippen LogP) is 0.638. The highest BCUT2D eigenvalue weighted by Gasteiger charge is 2.20. The summed E-state index contributed by atoms with van der Waals surface area (Å²) in [5, 5.41) is 11.2.